The summed E-state index contributed by atoms with van der Waals surface area (Å²) in [5, 5.41) is 17.7. The Morgan fingerprint density at radius 2 is 2.00 bits per heavy atom. The maximum Gasteiger partial charge on any atom is 0.254 e. The van der Waals surface area contributed by atoms with Crippen LogP contribution in [-0.4, -0.2) is 63.1 Å². The molecule has 4 rings (SSSR count). The van der Waals surface area contributed by atoms with Crippen molar-refractivity contribution >= 4 is 37.0 Å². The second kappa shape index (κ2) is 6.77. The highest BCUT2D eigenvalue weighted by atomic mass is 32.1. The summed E-state index contributed by atoms with van der Waals surface area (Å²) in [6.45, 7) is 2.46. The number of benzene rings is 1. The normalized spacial score (nSPS) is 22.4. The van der Waals surface area contributed by atoms with E-state index >= 15 is 0 Å². The van der Waals surface area contributed by atoms with Crippen molar-refractivity contribution in [1.29, 1.82) is 10.8 Å². The van der Waals surface area contributed by atoms with Crippen molar-refractivity contribution in [3.8, 4) is 0 Å². The highest BCUT2D eigenvalue weighted by Crippen LogP contribution is 2.38. The quantitative estimate of drug-likeness (QED) is 0.467. The van der Waals surface area contributed by atoms with Gasteiger partial charge in [-0.25, -0.2) is 9.37 Å². The van der Waals surface area contributed by atoms with Gasteiger partial charge in [-0.15, -0.1) is 0 Å². The van der Waals surface area contributed by atoms with Gasteiger partial charge in [-0.05, 0) is 55.6 Å². The minimum absolute atomic E-state index is 0.149. The number of halogens is 1. The van der Waals surface area contributed by atoms with Gasteiger partial charge in [0.15, 0.2) is 10.8 Å². The average Bonchev–Trinajstić information content (AvgIpc) is 3.40. The largest absolute Gasteiger partial charge is 0.332 e. The number of amides is 1. The smallest absolute Gasteiger partial charge is 0.254 e. The summed E-state index contributed by atoms with van der Waals surface area (Å²) in [5.41, 5.74) is -0.538. The Hall–Kier alpha value is -2.62. The van der Waals surface area contributed by atoms with Gasteiger partial charge in [-0.2, -0.15) is 4.37 Å². The summed E-state index contributed by atoms with van der Waals surface area (Å²) in [6, 6.07) is 5.41. The van der Waals surface area contributed by atoms with E-state index < -0.39 is 11.3 Å². The molecule has 2 aliphatic rings. The molecular weight excluding hydrogens is 378 g/mol. The molecule has 2 heterocycles. The Labute approximate surface area is 167 Å². The van der Waals surface area contributed by atoms with Gasteiger partial charge in [-0.1, -0.05) is 0 Å². The standard InChI is InChI=1S/C18H20BFN6OS/c1-18(19)17(22)25(13(21)15-23-14(24-28-15)10-2-3-10)8-9-26(18)16(27)11-4-6-12(20)7-5-11/h4-7,10,21-22H,2-3,8-9,19H2,1H3. The number of hydrogen-bond acceptors (Lipinski definition) is 6. The number of aromatic nitrogens is 2. The van der Waals surface area contributed by atoms with Crippen molar-refractivity contribution in [3.63, 3.8) is 0 Å². The van der Waals surface area contributed by atoms with Crippen LogP contribution in [0, 0.1) is 16.6 Å². The minimum atomic E-state index is -0.917. The van der Waals surface area contributed by atoms with E-state index in [0.717, 1.165) is 18.7 Å². The number of piperazine rings is 1. The molecule has 28 heavy (non-hydrogen) atoms. The Morgan fingerprint density at radius 1 is 1.32 bits per heavy atom. The van der Waals surface area contributed by atoms with Crippen molar-refractivity contribution in [3.05, 3.63) is 46.5 Å². The van der Waals surface area contributed by atoms with Crippen molar-refractivity contribution in [2.24, 2.45) is 0 Å². The fraction of sp³-hybridized carbons (Fsp3) is 0.389. The molecule has 0 radical (unpaired) electrons. The van der Waals surface area contributed by atoms with E-state index in [2.05, 4.69) is 9.36 Å². The summed E-state index contributed by atoms with van der Waals surface area (Å²) >= 11 is 1.19. The first-order valence-electron chi connectivity index (χ1n) is 9.15. The zero-order valence-electron chi connectivity index (χ0n) is 15.7. The van der Waals surface area contributed by atoms with Crippen molar-refractivity contribution in [1.82, 2.24) is 19.2 Å². The maximum absolute atomic E-state index is 13.2. The van der Waals surface area contributed by atoms with Gasteiger partial charge in [0.2, 0.25) is 0 Å². The number of carbonyl (C=O) groups is 1. The fourth-order valence-electron chi connectivity index (χ4n) is 3.33. The Bertz CT molecular complexity index is 955. The number of hydrogen-bond donors (Lipinski definition) is 2. The van der Waals surface area contributed by atoms with Crippen molar-refractivity contribution in [2.45, 2.75) is 31.1 Å². The summed E-state index contributed by atoms with van der Waals surface area (Å²) in [5.74, 6) is 0.857. The second-order valence-electron chi connectivity index (χ2n) is 7.60. The van der Waals surface area contributed by atoms with Crippen LogP contribution in [0.25, 0.3) is 0 Å². The van der Waals surface area contributed by atoms with E-state index in [-0.39, 0.29) is 17.6 Å². The lowest BCUT2D eigenvalue weighted by Crippen LogP contribution is -2.67. The zero-order valence-corrected chi connectivity index (χ0v) is 16.5. The van der Waals surface area contributed by atoms with Gasteiger partial charge in [0.1, 0.15) is 25.3 Å². The van der Waals surface area contributed by atoms with E-state index in [4.69, 9.17) is 10.8 Å². The van der Waals surface area contributed by atoms with Gasteiger partial charge in [-0.3, -0.25) is 15.6 Å². The molecule has 144 valence electrons. The molecule has 10 heteroatoms. The first kappa shape index (κ1) is 18.7. The number of amidine groups is 2. The predicted molar refractivity (Wildman–Crippen MR) is 108 cm³/mol. The van der Waals surface area contributed by atoms with E-state index in [1.165, 1.54) is 35.8 Å². The molecule has 1 saturated heterocycles. The third-order valence-corrected chi connectivity index (χ3v) is 6.00. The molecule has 2 aromatic rings. The monoisotopic (exact) mass is 398 g/mol. The van der Waals surface area contributed by atoms with E-state index in [1.54, 1.807) is 24.6 Å². The molecule has 1 aromatic carbocycles. The van der Waals surface area contributed by atoms with Crippen LogP contribution < -0.4 is 0 Å². The summed E-state index contributed by atoms with van der Waals surface area (Å²) in [6.07, 6.45) is 2.19. The molecule has 1 saturated carbocycles. The number of carbonyl (C=O) groups excluding carboxylic acids is 1. The maximum atomic E-state index is 13.2. The van der Waals surface area contributed by atoms with E-state index in [0.29, 0.717) is 29.6 Å². The van der Waals surface area contributed by atoms with Crippen LogP contribution in [0.3, 0.4) is 0 Å². The molecule has 7 nitrogen and oxygen atoms in total. The molecule has 2 N–H and O–H groups in total. The number of rotatable bonds is 3. The Balaban J connectivity index is 1.53. The zero-order chi connectivity index (χ0) is 20.1. The average molecular weight is 398 g/mol. The highest BCUT2D eigenvalue weighted by Gasteiger charge is 2.43. The lowest BCUT2D eigenvalue weighted by Gasteiger charge is -2.48. The molecule has 1 unspecified atom stereocenters. The molecule has 1 aliphatic carbocycles. The summed E-state index contributed by atoms with van der Waals surface area (Å²) < 4.78 is 17.5. The van der Waals surface area contributed by atoms with E-state index in [1.807, 2.05) is 0 Å². The summed E-state index contributed by atoms with van der Waals surface area (Å²) in [4.78, 5) is 20.6. The minimum Gasteiger partial charge on any atom is -0.332 e. The SMILES string of the molecule is BC1(C)C(=N)N(C(=N)c2nc(C3CC3)ns2)CCN1C(=O)c1ccc(F)cc1. The molecule has 1 aliphatic heterocycles. The highest BCUT2D eigenvalue weighted by molar-refractivity contribution is 7.07. The molecular formula is C18H20BFN6OS. The van der Waals surface area contributed by atoms with Crippen LogP contribution >= 0.6 is 11.5 Å². The van der Waals surface area contributed by atoms with Crippen molar-refractivity contribution in [2.75, 3.05) is 13.1 Å². The predicted octanol–water partition coefficient (Wildman–Crippen LogP) is 1.66. The van der Waals surface area contributed by atoms with Gasteiger partial charge < -0.3 is 9.80 Å². The lowest BCUT2D eigenvalue weighted by atomic mass is 9.74. The first-order valence-corrected chi connectivity index (χ1v) is 9.93. The number of nitrogens with one attached hydrogen (secondary N) is 2. The van der Waals surface area contributed by atoms with Gasteiger partial charge >= 0.3 is 0 Å². The second-order valence-corrected chi connectivity index (χ2v) is 8.36. The molecule has 2 fully saturated rings. The van der Waals surface area contributed by atoms with Crippen LogP contribution in [0.4, 0.5) is 4.39 Å². The molecule has 1 aromatic heterocycles. The molecule has 0 bridgehead atoms. The lowest BCUT2D eigenvalue weighted by molar-refractivity contribution is 0.0664. The Morgan fingerprint density at radius 3 is 2.64 bits per heavy atom. The van der Waals surface area contributed by atoms with Crippen LogP contribution in [0.2, 0.25) is 0 Å². The first-order chi connectivity index (χ1) is 13.3. The van der Waals surface area contributed by atoms with Crippen LogP contribution in [-0.2, 0) is 0 Å². The summed E-state index contributed by atoms with van der Waals surface area (Å²) in [7, 11) is 1.78. The third kappa shape index (κ3) is 3.21. The molecule has 1 atom stereocenters. The van der Waals surface area contributed by atoms with Crippen LogP contribution in [0.15, 0.2) is 24.3 Å². The van der Waals surface area contributed by atoms with Crippen molar-refractivity contribution < 1.29 is 9.18 Å². The van der Waals surface area contributed by atoms with Gasteiger partial charge in [0.05, 0.1) is 5.44 Å². The van der Waals surface area contributed by atoms with E-state index in [9.17, 15) is 9.18 Å². The molecule has 1 amide bonds. The van der Waals surface area contributed by atoms with Crippen LogP contribution in [0.1, 0.15) is 46.9 Å². The molecule has 0 spiro atoms. The fourth-order valence-corrected chi connectivity index (χ4v) is 4.03. The Kier molecular flexibility index (Phi) is 4.53. The topological polar surface area (TPSA) is 97.0 Å². The van der Waals surface area contributed by atoms with Gasteiger partial charge in [0, 0.05) is 24.6 Å². The van der Waals surface area contributed by atoms with Crippen LogP contribution in [0.5, 0.6) is 0 Å². The third-order valence-electron chi connectivity index (χ3n) is 5.26. The van der Waals surface area contributed by atoms with Gasteiger partial charge in [0.25, 0.3) is 5.91 Å². The number of nitrogens with zero attached hydrogens (tertiary/aromatic N) is 4.